The molecule has 0 saturated heterocycles. The van der Waals surface area contributed by atoms with Crippen molar-refractivity contribution < 1.29 is 5.11 Å². The van der Waals surface area contributed by atoms with Crippen LogP contribution in [0.1, 0.15) is 5.69 Å². The molecule has 17 heavy (non-hydrogen) atoms. The van der Waals surface area contributed by atoms with Gasteiger partial charge in [-0.05, 0) is 29.8 Å². The van der Waals surface area contributed by atoms with Crippen LogP contribution in [-0.2, 0) is 6.61 Å². The lowest BCUT2D eigenvalue weighted by molar-refractivity contribution is 0.277. The summed E-state index contributed by atoms with van der Waals surface area (Å²) < 4.78 is 0. The van der Waals surface area contributed by atoms with E-state index in [1.54, 1.807) is 30.5 Å². The topological polar surface area (TPSA) is 33.1 Å². The van der Waals surface area contributed by atoms with Gasteiger partial charge in [0, 0.05) is 16.8 Å². The molecule has 0 aliphatic carbocycles. The second kappa shape index (κ2) is 5.23. The summed E-state index contributed by atoms with van der Waals surface area (Å²) >= 11 is 17.9. The number of hydrogen-bond donors (Lipinski definition) is 1. The van der Waals surface area contributed by atoms with Gasteiger partial charge in [0.1, 0.15) is 0 Å². The molecule has 0 aliphatic heterocycles. The van der Waals surface area contributed by atoms with Crippen LogP contribution in [0.15, 0.2) is 30.5 Å². The minimum Gasteiger partial charge on any atom is -0.390 e. The average molecular weight is 289 g/mol. The summed E-state index contributed by atoms with van der Waals surface area (Å²) in [5.74, 6) is 0. The Balaban J connectivity index is 2.56. The summed E-state index contributed by atoms with van der Waals surface area (Å²) in [7, 11) is 0. The van der Waals surface area contributed by atoms with Gasteiger partial charge in [-0.1, -0.05) is 34.8 Å². The molecule has 2 rings (SSSR count). The van der Waals surface area contributed by atoms with Crippen LogP contribution < -0.4 is 0 Å². The number of aromatic nitrogens is 1. The number of pyridine rings is 1. The van der Waals surface area contributed by atoms with Crippen molar-refractivity contribution in [3.8, 4) is 11.1 Å². The SMILES string of the molecule is OCc1cc(-c2cc(Cl)c(Cl)cc2Cl)ccn1. The lowest BCUT2D eigenvalue weighted by atomic mass is 10.1. The molecule has 1 aromatic heterocycles. The molecule has 88 valence electrons. The highest BCUT2D eigenvalue weighted by Gasteiger charge is 2.08. The molecule has 5 heteroatoms. The van der Waals surface area contributed by atoms with Crippen molar-refractivity contribution in [2.24, 2.45) is 0 Å². The van der Waals surface area contributed by atoms with Crippen molar-refractivity contribution in [1.29, 1.82) is 0 Å². The summed E-state index contributed by atoms with van der Waals surface area (Å²) in [5, 5.41) is 10.4. The number of halogens is 3. The van der Waals surface area contributed by atoms with E-state index in [9.17, 15) is 0 Å². The number of aliphatic hydroxyl groups excluding tert-OH is 1. The van der Waals surface area contributed by atoms with E-state index in [1.165, 1.54) is 0 Å². The van der Waals surface area contributed by atoms with E-state index in [2.05, 4.69) is 4.98 Å². The van der Waals surface area contributed by atoms with Crippen molar-refractivity contribution in [2.45, 2.75) is 6.61 Å². The predicted octanol–water partition coefficient (Wildman–Crippen LogP) is 4.20. The fourth-order valence-electron chi connectivity index (χ4n) is 1.48. The van der Waals surface area contributed by atoms with Crippen LogP contribution in [0.3, 0.4) is 0 Å². The second-order valence-electron chi connectivity index (χ2n) is 3.44. The Hall–Kier alpha value is -0.800. The average Bonchev–Trinajstić information content (AvgIpc) is 2.34. The van der Waals surface area contributed by atoms with E-state index in [0.717, 1.165) is 11.1 Å². The molecule has 1 N–H and O–H groups in total. The van der Waals surface area contributed by atoms with Crippen LogP contribution in [0.2, 0.25) is 15.1 Å². The summed E-state index contributed by atoms with van der Waals surface area (Å²) in [5.41, 5.74) is 2.18. The predicted molar refractivity (Wildman–Crippen MR) is 70.6 cm³/mol. The normalized spacial score (nSPS) is 10.6. The zero-order valence-corrected chi connectivity index (χ0v) is 10.9. The number of aliphatic hydroxyl groups is 1. The second-order valence-corrected chi connectivity index (χ2v) is 4.66. The van der Waals surface area contributed by atoms with E-state index >= 15 is 0 Å². The largest absolute Gasteiger partial charge is 0.390 e. The number of nitrogens with zero attached hydrogens (tertiary/aromatic N) is 1. The maximum absolute atomic E-state index is 9.03. The Bertz CT molecular complexity index is 557. The van der Waals surface area contributed by atoms with Crippen molar-refractivity contribution >= 4 is 34.8 Å². The van der Waals surface area contributed by atoms with E-state index in [1.807, 2.05) is 0 Å². The Morgan fingerprint density at radius 2 is 1.71 bits per heavy atom. The molecule has 0 bridgehead atoms. The van der Waals surface area contributed by atoms with Gasteiger partial charge in [0.25, 0.3) is 0 Å². The summed E-state index contributed by atoms with van der Waals surface area (Å²) in [6.45, 7) is -0.118. The quantitative estimate of drug-likeness (QED) is 0.840. The molecule has 2 nitrogen and oxygen atoms in total. The van der Waals surface area contributed by atoms with E-state index < -0.39 is 0 Å². The van der Waals surface area contributed by atoms with Crippen LogP contribution >= 0.6 is 34.8 Å². The number of rotatable bonds is 2. The minimum absolute atomic E-state index is 0.118. The molecule has 1 heterocycles. The van der Waals surface area contributed by atoms with Crippen LogP contribution in [0.5, 0.6) is 0 Å². The monoisotopic (exact) mass is 287 g/mol. The van der Waals surface area contributed by atoms with E-state index in [4.69, 9.17) is 39.9 Å². The lowest BCUT2D eigenvalue weighted by Gasteiger charge is -2.07. The Kier molecular flexibility index (Phi) is 3.89. The van der Waals surface area contributed by atoms with Gasteiger partial charge >= 0.3 is 0 Å². The van der Waals surface area contributed by atoms with Gasteiger partial charge in [0.05, 0.1) is 22.3 Å². The molecule has 0 aliphatic rings. The van der Waals surface area contributed by atoms with Crippen LogP contribution in [0, 0.1) is 0 Å². The zero-order valence-electron chi connectivity index (χ0n) is 8.62. The fourth-order valence-corrected chi connectivity index (χ4v) is 2.13. The van der Waals surface area contributed by atoms with Crippen LogP contribution in [0.4, 0.5) is 0 Å². The molecular weight excluding hydrogens is 280 g/mol. The molecule has 0 amide bonds. The first-order valence-corrected chi connectivity index (χ1v) is 5.96. The third kappa shape index (κ3) is 2.72. The number of benzene rings is 1. The highest BCUT2D eigenvalue weighted by atomic mass is 35.5. The van der Waals surface area contributed by atoms with Crippen molar-refractivity contribution in [2.75, 3.05) is 0 Å². The van der Waals surface area contributed by atoms with Gasteiger partial charge in [0.15, 0.2) is 0 Å². The van der Waals surface area contributed by atoms with E-state index in [0.29, 0.717) is 20.8 Å². The van der Waals surface area contributed by atoms with Crippen LogP contribution in [0.25, 0.3) is 11.1 Å². The van der Waals surface area contributed by atoms with Gasteiger partial charge < -0.3 is 5.11 Å². The fraction of sp³-hybridized carbons (Fsp3) is 0.0833. The molecular formula is C12H8Cl3NO. The Morgan fingerprint density at radius 3 is 2.41 bits per heavy atom. The highest BCUT2D eigenvalue weighted by molar-refractivity contribution is 6.44. The van der Waals surface area contributed by atoms with Crippen molar-refractivity contribution in [3.05, 3.63) is 51.2 Å². The standard InChI is InChI=1S/C12H8Cl3NO/c13-10-5-12(15)11(14)4-9(10)7-1-2-16-8(3-7)6-17/h1-5,17H,6H2. The van der Waals surface area contributed by atoms with E-state index in [-0.39, 0.29) is 6.61 Å². The maximum atomic E-state index is 9.03. The van der Waals surface area contributed by atoms with Crippen molar-refractivity contribution in [3.63, 3.8) is 0 Å². The first kappa shape index (κ1) is 12.7. The minimum atomic E-state index is -0.118. The molecule has 0 spiro atoms. The highest BCUT2D eigenvalue weighted by Crippen LogP contribution is 2.35. The van der Waals surface area contributed by atoms with Gasteiger partial charge in [-0.3, -0.25) is 4.98 Å². The third-order valence-corrected chi connectivity index (χ3v) is 3.33. The molecule has 0 unspecified atom stereocenters. The van der Waals surface area contributed by atoms with Gasteiger partial charge in [-0.2, -0.15) is 0 Å². The van der Waals surface area contributed by atoms with Gasteiger partial charge in [0.2, 0.25) is 0 Å². The summed E-state index contributed by atoms with van der Waals surface area (Å²) in [6, 6.07) is 6.85. The lowest BCUT2D eigenvalue weighted by Crippen LogP contribution is -1.89. The molecule has 0 saturated carbocycles. The molecule has 2 aromatic rings. The smallest absolute Gasteiger partial charge is 0.0853 e. The third-order valence-electron chi connectivity index (χ3n) is 2.30. The summed E-state index contributed by atoms with van der Waals surface area (Å²) in [4.78, 5) is 4.00. The molecule has 0 atom stereocenters. The summed E-state index contributed by atoms with van der Waals surface area (Å²) in [6.07, 6.45) is 1.61. The first-order chi connectivity index (χ1) is 8.11. The van der Waals surface area contributed by atoms with Crippen molar-refractivity contribution in [1.82, 2.24) is 4.98 Å². The molecule has 1 aromatic carbocycles. The van der Waals surface area contributed by atoms with Gasteiger partial charge in [-0.15, -0.1) is 0 Å². The zero-order chi connectivity index (χ0) is 12.4. The molecule has 0 fully saturated rings. The maximum Gasteiger partial charge on any atom is 0.0853 e. The van der Waals surface area contributed by atoms with Crippen LogP contribution in [-0.4, -0.2) is 10.1 Å². The van der Waals surface area contributed by atoms with Gasteiger partial charge in [-0.25, -0.2) is 0 Å². The Labute approximate surface area is 114 Å². The Morgan fingerprint density at radius 1 is 1.00 bits per heavy atom. The number of hydrogen-bond acceptors (Lipinski definition) is 2. The molecule has 0 radical (unpaired) electrons. The first-order valence-electron chi connectivity index (χ1n) is 4.82.